The minimum absolute atomic E-state index is 0.143. The van der Waals surface area contributed by atoms with Gasteiger partial charge >= 0.3 is 0 Å². The summed E-state index contributed by atoms with van der Waals surface area (Å²) in [6, 6.07) is 0. The monoisotopic (exact) mass is 213 g/mol. The fourth-order valence-corrected chi connectivity index (χ4v) is 2.53. The Morgan fingerprint density at radius 1 is 1.00 bits per heavy atom. The van der Waals surface area contributed by atoms with Crippen molar-refractivity contribution in [2.24, 2.45) is 10.8 Å². The summed E-state index contributed by atoms with van der Waals surface area (Å²) in [6.07, 6.45) is 6.36. The number of methoxy groups -OCH3 is 1. The van der Waals surface area contributed by atoms with Crippen molar-refractivity contribution in [3.63, 3.8) is 0 Å². The first kappa shape index (κ1) is 15.0. The quantitative estimate of drug-likeness (QED) is 0.575. The summed E-state index contributed by atoms with van der Waals surface area (Å²) >= 11 is 0. The Bertz CT molecular complexity index is 165. The highest BCUT2D eigenvalue weighted by molar-refractivity contribution is 5.02. The molecule has 0 saturated heterocycles. The summed E-state index contributed by atoms with van der Waals surface area (Å²) in [5.41, 5.74) is 0.340. The molecule has 0 aliphatic carbocycles. The van der Waals surface area contributed by atoms with Crippen LogP contribution >= 0.6 is 0 Å². The van der Waals surface area contributed by atoms with Crippen LogP contribution in [0.2, 0.25) is 0 Å². The molecule has 91 valence electrons. The highest BCUT2D eigenvalue weighted by Crippen LogP contribution is 2.45. The van der Waals surface area contributed by atoms with Crippen molar-refractivity contribution in [1.82, 2.24) is 0 Å². The zero-order chi connectivity index (χ0) is 12.1. The third kappa shape index (κ3) is 5.01. The van der Waals surface area contributed by atoms with Gasteiger partial charge in [-0.1, -0.05) is 60.8 Å². The summed E-state index contributed by atoms with van der Waals surface area (Å²) < 4.78 is 5.63. The lowest BCUT2D eigenvalue weighted by Gasteiger charge is -2.40. The molecule has 0 spiro atoms. The Morgan fingerprint density at radius 3 is 1.87 bits per heavy atom. The Balaban J connectivity index is 4.38. The second-order valence-corrected chi connectivity index (χ2v) is 6.12. The van der Waals surface area contributed by atoms with Crippen LogP contribution in [0.4, 0.5) is 0 Å². The maximum absolute atomic E-state index is 5.63. The average molecular weight is 213 g/mol. The summed E-state index contributed by atoms with van der Waals surface area (Å²) in [4.78, 5) is 0. The molecule has 0 atom stereocenters. The maximum Gasteiger partial charge on any atom is 0.107 e. The Hall–Kier alpha value is -0.0400. The molecule has 0 N–H and O–H groups in total. The third-order valence-electron chi connectivity index (χ3n) is 2.91. The van der Waals surface area contributed by atoms with E-state index in [4.69, 9.17) is 4.74 Å². The molecular formula is C14H29O. The zero-order valence-electron chi connectivity index (χ0n) is 11.7. The van der Waals surface area contributed by atoms with E-state index in [9.17, 15) is 0 Å². The van der Waals surface area contributed by atoms with Gasteiger partial charge in [0.1, 0.15) is 6.10 Å². The molecule has 1 radical (unpaired) electrons. The van der Waals surface area contributed by atoms with Gasteiger partial charge in [0, 0.05) is 7.11 Å². The molecule has 0 aliphatic heterocycles. The molecule has 15 heavy (non-hydrogen) atoms. The second kappa shape index (κ2) is 5.89. The van der Waals surface area contributed by atoms with E-state index in [1.165, 1.54) is 31.8 Å². The van der Waals surface area contributed by atoms with Gasteiger partial charge in [-0.25, -0.2) is 0 Å². The Kier molecular flexibility index (Phi) is 5.87. The van der Waals surface area contributed by atoms with E-state index in [2.05, 4.69) is 41.5 Å². The molecule has 0 rings (SSSR count). The molecule has 0 unspecified atom stereocenters. The van der Waals surface area contributed by atoms with Crippen molar-refractivity contribution in [2.75, 3.05) is 7.11 Å². The molecule has 1 heteroatoms. The molecule has 0 fully saturated rings. The molecule has 0 heterocycles. The van der Waals surface area contributed by atoms with Gasteiger partial charge in [-0.3, -0.25) is 0 Å². The van der Waals surface area contributed by atoms with Crippen LogP contribution in [-0.2, 0) is 4.74 Å². The predicted molar refractivity (Wildman–Crippen MR) is 67.6 cm³/mol. The molecule has 0 bridgehead atoms. The van der Waals surface area contributed by atoms with Crippen LogP contribution in [0, 0.1) is 16.9 Å². The van der Waals surface area contributed by atoms with Crippen molar-refractivity contribution in [1.29, 1.82) is 0 Å². The summed E-state index contributed by atoms with van der Waals surface area (Å²) in [5.74, 6) is 0. The van der Waals surface area contributed by atoms with E-state index in [1.807, 2.05) is 7.11 Å². The molecule has 0 saturated carbocycles. The SMILES string of the molecule is CCCCCC(C)(C)[C](OC)C(C)(C)C. The van der Waals surface area contributed by atoms with E-state index in [1.54, 1.807) is 0 Å². The Labute approximate surface area is 96.6 Å². The van der Waals surface area contributed by atoms with Crippen molar-refractivity contribution in [3.8, 4) is 0 Å². The van der Waals surface area contributed by atoms with Crippen LogP contribution in [-0.4, -0.2) is 7.11 Å². The number of hydrogen-bond acceptors (Lipinski definition) is 1. The zero-order valence-corrected chi connectivity index (χ0v) is 11.7. The van der Waals surface area contributed by atoms with E-state index in [0.717, 1.165) is 0 Å². The summed E-state index contributed by atoms with van der Waals surface area (Å²) in [6.45, 7) is 13.5. The molecule has 0 aliphatic rings. The van der Waals surface area contributed by atoms with E-state index in [0.29, 0.717) is 0 Å². The molecule has 0 aromatic heterocycles. The minimum atomic E-state index is 0.143. The standard InChI is InChI=1S/C14H29O/c1-8-9-10-11-14(5,6)12(15-7)13(2,3)4/h8-11H2,1-7H3. The second-order valence-electron chi connectivity index (χ2n) is 6.12. The summed E-state index contributed by atoms with van der Waals surface area (Å²) in [5, 5.41) is 0. The maximum atomic E-state index is 5.63. The number of unbranched alkanes of at least 4 members (excludes halogenated alkanes) is 2. The first-order valence-electron chi connectivity index (χ1n) is 6.17. The first-order valence-corrected chi connectivity index (χ1v) is 6.17. The van der Waals surface area contributed by atoms with Gasteiger partial charge in [-0.2, -0.15) is 0 Å². The minimum Gasteiger partial charge on any atom is -0.374 e. The molecular weight excluding hydrogens is 184 g/mol. The number of ether oxygens (including phenoxy) is 1. The average Bonchev–Trinajstić information content (AvgIpc) is 2.01. The lowest BCUT2D eigenvalue weighted by Crippen LogP contribution is -2.34. The largest absolute Gasteiger partial charge is 0.374 e. The van der Waals surface area contributed by atoms with Gasteiger partial charge in [0.15, 0.2) is 0 Å². The van der Waals surface area contributed by atoms with Crippen molar-refractivity contribution < 1.29 is 4.74 Å². The van der Waals surface area contributed by atoms with Crippen LogP contribution in [0.15, 0.2) is 0 Å². The van der Waals surface area contributed by atoms with Gasteiger partial charge in [0.25, 0.3) is 0 Å². The highest BCUT2D eigenvalue weighted by Gasteiger charge is 2.38. The summed E-state index contributed by atoms with van der Waals surface area (Å²) in [7, 11) is 1.81. The molecule has 0 aromatic rings. The fourth-order valence-electron chi connectivity index (χ4n) is 2.53. The van der Waals surface area contributed by atoms with Gasteiger partial charge < -0.3 is 4.74 Å². The predicted octanol–water partition coefficient (Wildman–Crippen LogP) is 4.82. The van der Waals surface area contributed by atoms with Crippen molar-refractivity contribution >= 4 is 0 Å². The highest BCUT2D eigenvalue weighted by atomic mass is 16.5. The molecule has 0 aromatic carbocycles. The van der Waals surface area contributed by atoms with Crippen LogP contribution < -0.4 is 0 Å². The van der Waals surface area contributed by atoms with Crippen molar-refractivity contribution in [2.45, 2.75) is 67.2 Å². The van der Waals surface area contributed by atoms with E-state index < -0.39 is 0 Å². The van der Waals surface area contributed by atoms with Crippen LogP contribution in [0.1, 0.15) is 67.2 Å². The van der Waals surface area contributed by atoms with Crippen LogP contribution in [0.3, 0.4) is 0 Å². The van der Waals surface area contributed by atoms with E-state index >= 15 is 0 Å². The van der Waals surface area contributed by atoms with Gasteiger partial charge in [-0.15, -0.1) is 0 Å². The third-order valence-corrected chi connectivity index (χ3v) is 2.91. The molecule has 0 amide bonds. The molecule has 1 nitrogen and oxygen atoms in total. The van der Waals surface area contributed by atoms with Gasteiger partial charge in [-0.05, 0) is 17.3 Å². The number of rotatable bonds is 6. The van der Waals surface area contributed by atoms with Gasteiger partial charge in [0.05, 0.1) is 0 Å². The first-order chi connectivity index (χ1) is 6.75. The normalized spacial score (nSPS) is 13.6. The lowest BCUT2D eigenvalue weighted by molar-refractivity contribution is 0.0307. The van der Waals surface area contributed by atoms with Gasteiger partial charge in [0.2, 0.25) is 0 Å². The van der Waals surface area contributed by atoms with Crippen LogP contribution in [0.25, 0.3) is 0 Å². The van der Waals surface area contributed by atoms with Crippen molar-refractivity contribution in [3.05, 3.63) is 6.10 Å². The topological polar surface area (TPSA) is 9.23 Å². The fraction of sp³-hybridized carbons (Fsp3) is 0.929. The number of hydrogen-bond donors (Lipinski definition) is 0. The smallest absolute Gasteiger partial charge is 0.107 e. The van der Waals surface area contributed by atoms with E-state index in [-0.39, 0.29) is 10.8 Å². The van der Waals surface area contributed by atoms with Crippen LogP contribution in [0.5, 0.6) is 0 Å². The Morgan fingerprint density at radius 2 is 1.53 bits per heavy atom. The lowest BCUT2D eigenvalue weighted by atomic mass is 9.70.